The van der Waals surface area contributed by atoms with Crippen LogP contribution in [0.2, 0.25) is 0 Å². The van der Waals surface area contributed by atoms with Crippen molar-refractivity contribution in [2.24, 2.45) is 0 Å². The van der Waals surface area contributed by atoms with Gasteiger partial charge in [-0.1, -0.05) is 60.7 Å². The summed E-state index contributed by atoms with van der Waals surface area (Å²) in [6.45, 7) is 5.91. The molecule has 0 aliphatic heterocycles. The van der Waals surface area contributed by atoms with Crippen molar-refractivity contribution >= 4 is 5.97 Å². The molecule has 0 bridgehead atoms. The van der Waals surface area contributed by atoms with E-state index in [0.29, 0.717) is 25.6 Å². The van der Waals surface area contributed by atoms with Crippen molar-refractivity contribution in [1.29, 1.82) is 0 Å². The lowest BCUT2D eigenvalue weighted by molar-refractivity contribution is 0.0687. The van der Waals surface area contributed by atoms with Gasteiger partial charge in [0.1, 0.15) is 17.9 Å². The van der Waals surface area contributed by atoms with E-state index in [1.807, 2.05) is 56.3 Å². The van der Waals surface area contributed by atoms with Gasteiger partial charge >= 0.3 is 5.97 Å². The van der Waals surface area contributed by atoms with Crippen molar-refractivity contribution < 1.29 is 24.5 Å². The normalized spacial score (nSPS) is 12.8. The number of carboxylic acids is 1. The summed E-state index contributed by atoms with van der Waals surface area (Å²) >= 11 is 0. The number of hydrogen-bond acceptors (Lipinski definition) is 5. The average Bonchev–Trinajstić information content (AvgIpc) is 2.87. The quantitative estimate of drug-likeness (QED) is 0.318. The first-order valence-electron chi connectivity index (χ1n) is 11.6. The van der Waals surface area contributed by atoms with Crippen LogP contribution in [0.25, 0.3) is 11.1 Å². The zero-order chi connectivity index (χ0) is 24.3. The number of carboxylic acid groups (broad SMARTS) is 1. The summed E-state index contributed by atoms with van der Waals surface area (Å²) in [6, 6.07) is 22.9. The summed E-state index contributed by atoms with van der Waals surface area (Å²) in [4.78, 5) is 11.5. The van der Waals surface area contributed by atoms with Gasteiger partial charge in [-0.3, -0.25) is 0 Å². The van der Waals surface area contributed by atoms with Crippen molar-refractivity contribution in [2.75, 3.05) is 26.4 Å². The highest BCUT2D eigenvalue weighted by Gasteiger charge is 2.15. The van der Waals surface area contributed by atoms with Gasteiger partial charge in [-0.05, 0) is 61.2 Å². The topological polar surface area (TPSA) is 88.0 Å². The molecule has 3 aromatic rings. The molecule has 0 saturated carbocycles. The molecular formula is C28H33NO5. The van der Waals surface area contributed by atoms with Gasteiger partial charge in [-0.25, -0.2) is 4.79 Å². The van der Waals surface area contributed by atoms with Crippen LogP contribution in [0.15, 0.2) is 72.8 Å². The third kappa shape index (κ3) is 7.15. The van der Waals surface area contributed by atoms with Crippen LogP contribution in [0.3, 0.4) is 0 Å². The minimum Gasteiger partial charge on any atom is -0.490 e. The Kier molecular flexibility index (Phi) is 9.64. The van der Waals surface area contributed by atoms with E-state index in [4.69, 9.17) is 9.47 Å². The van der Waals surface area contributed by atoms with E-state index >= 15 is 0 Å². The van der Waals surface area contributed by atoms with Crippen molar-refractivity contribution in [2.45, 2.75) is 32.4 Å². The van der Waals surface area contributed by atoms with Crippen LogP contribution < -0.4 is 10.1 Å². The number of nitrogens with one attached hydrogen (secondary N) is 1. The Balaban J connectivity index is 1.58. The highest BCUT2D eigenvalue weighted by molar-refractivity contribution is 5.92. The summed E-state index contributed by atoms with van der Waals surface area (Å²) in [5.74, 6) is -0.684. The summed E-state index contributed by atoms with van der Waals surface area (Å²) in [6.07, 6.45) is 0.276. The molecule has 0 heterocycles. The van der Waals surface area contributed by atoms with E-state index in [2.05, 4.69) is 17.4 Å². The van der Waals surface area contributed by atoms with Crippen LogP contribution in [0.1, 0.15) is 41.4 Å². The Morgan fingerprint density at radius 2 is 1.68 bits per heavy atom. The van der Waals surface area contributed by atoms with Gasteiger partial charge in [0.05, 0.1) is 12.7 Å². The highest BCUT2D eigenvalue weighted by Crippen LogP contribution is 2.28. The van der Waals surface area contributed by atoms with Crippen LogP contribution in [0.4, 0.5) is 0 Å². The largest absolute Gasteiger partial charge is 0.490 e. The van der Waals surface area contributed by atoms with Crippen LogP contribution in [0, 0.1) is 0 Å². The fourth-order valence-electron chi connectivity index (χ4n) is 3.71. The minimum atomic E-state index is -1.02. The third-order valence-electron chi connectivity index (χ3n) is 5.68. The predicted octanol–water partition coefficient (Wildman–Crippen LogP) is 4.72. The number of carbonyl (C=O) groups is 1. The smallest absolute Gasteiger partial charge is 0.339 e. The lowest BCUT2D eigenvalue weighted by Crippen LogP contribution is -2.33. The molecule has 0 saturated heterocycles. The minimum absolute atomic E-state index is 0.0597. The third-order valence-corrected chi connectivity index (χ3v) is 5.68. The number of benzene rings is 3. The van der Waals surface area contributed by atoms with Crippen LogP contribution in [0.5, 0.6) is 5.75 Å². The monoisotopic (exact) mass is 463 g/mol. The second kappa shape index (κ2) is 12.9. The van der Waals surface area contributed by atoms with Gasteiger partial charge in [-0.15, -0.1) is 0 Å². The molecule has 0 aliphatic carbocycles. The number of rotatable bonds is 13. The molecule has 0 amide bonds. The molecule has 0 radical (unpaired) electrons. The SMILES string of the molecule is CCOCCOc1cc(-c2ccc(CCN[C@@H](C)[C@H](O)c3ccccc3)cc2)ccc1C(=O)O. The molecule has 180 valence electrons. The number of aliphatic hydroxyl groups is 1. The lowest BCUT2D eigenvalue weighted by Gasteiger charge is -2.20. The standard InChI is InChI=1S/C28H33NO5/c1-3-33-17-18-34-26-19-24(13-14-25(26)28(31)32)22-11-9-21(10-12-22)15-16-29-20(2)27(30)23-7-5-4-6-8-23/h4-14,19-20,27,29-30H,3,15-18H2,1-2H3,(H,31,32)/t20-,27-/m0/s1. The number of aromatic carboxylic acids is 1. The molecule has 0 spiro atoms. The summed E-state index contributed by atoms with van der Waals surface area (Å²) < 4.78 is 11.0. The fraction of sp³-hybridized carbons (Fsp3) is 0.321. The highest BCUT2D eigenvalue weighted by atomic mass is 16.5. The van der Waals surface area contributed by atoms with Crippen LogP contribution in [-0.2, 0) is 11.2 Å². The van der Waals surface area contributed by atoms with Gasteiger partial charge in [0.25, 0.3) is 0 Å². The molecule has 34 heavy (non-hydrogen) atoms. The number of ether oxygens (including phenoxy) is 2. The Labute approximate surface area is 201 Å². The molecule has 6 nitrogen and oxygen atoms in total. The first-order valence-corrected chi connectivity index (χ1v) is 11.6. The maximum Gasteiger partial charge on any atom is 0.339 e. The van der Waals surface area contributed by atoms with E-state index < -0.39 is 12.1 Å². The van der Waals surface area contributed by atoms with E-state index in [0.717, 1.165) is 29.7 Å². The summed E-state index contributed by atoms with van der Waals surface area (Å²) in [7, 11) is 0. The molecule has 0 aromatic heterocycles. The number of aliphatic hydroxyl groups excluding tert-OH is 1. The molecule has 3 aromatic carbocycles. The van der Waals surface area contributed by atoms with E-state index in [1.54, 1.807) is 18.2 Å². The average molecular weight is 464 g/mol. The zero-order valence-corrected chi connectivity index (χ0v) is 19.7. The van der Waals surface area contributed by atoms with Gasteiger partial charge in [0.2, 0.25) is 0 Å². The molecule has 0 aliphatic rings. The molecule has 0 unspecified atom stereocenters. The predicted molar refractivity (Wildman–Crippen MR) is 133 cm³/mol. The van der Waals surface area contributed by atoms with Crippen molar-refractivity contribution in [3.8, 4) is 16.9 Å². The van der Waals surface area contributed by atoms with E-state index in [9.17, 15) is 15.0 Å². The number of hydrogen-bond donors (Lipinski definition) is 3. The maximum absolute atomic E-state index is 11.5. The summed E-state index contributed by atoms with van der Waals surface area (Å²) in [5, 5.41) is 23.3. The fourth-order valence-corrected chi connectivity index (χ4v) is 3.71. The lowest BCUT2D eigenvalue weighted by atomic mass is 10.0. The first-order chi connectivity index (χ1) is 16.5. The Morgan fingerprint density at radius 1 is 0.971 bits per heavy atom. The molecule has 0 fully saturated rings. The van der Waals surface area contributed by atoms with Crippen molar-refractivity contribution in [1.82, 2.24) is 5.32 Å². The first kappa shape index (κ1) is 25.4. The molecule has 3 rings (SSSR count). The van der Waals surface area contributed by atoms with Crippen molar-refractivity contribution in [3.63, 3.8) is 0 Å². The Morgan fingerprint density at radius 3 is 2.35 bits per heavy atom. The molecule has 3 N–H and O–H groups in total. The van der Waals surface area contributed by atoms with Gasteiger partial charge in [0, 0.05) is 12.6 Å². The van der Waals surface area contributed by atoms with Crippen molar-refractivity contribution in [3.05, 3.63) is 89.5 Å². The zero-order valence-electron chi connectivity index (χ0n) is 19.7. The van der Waals surface area contributed by atoms with Gasteiger partial charge in [0.15, 0.2) is 0 Å². The van der Waals surface area contributed by atoms with Crippen LogP contribution in [-0.4, -0.2) is 48.6 Å². The molecule has 6 heteroatoms. The molecular weight excluding hydrogens is 430 g/mol. The summed E-state index contributed by atoms with van der Waals surface area (Å²) in [5.41, 5.74) is 4.08. The van der Waals surface area contributed by atoms with Gasteiger partial charge < -0.3 is 25.0 Å². The second-order valence-corrected chi connectivity index (χ2v) is 8.11. The Bertz CT molecular complexity index is 1040. The second-order valence-electron chi connectivity index (χ2n) is 8.11. The van der Waals surface area contributed by atoms with E-state index in [1.165, 1.54) is 5.56 Å². The Hall–Kier alpha value is -3.19. The molecule has 2 atom stereocenters. The van der Waals surface area contributed by atoms with Gasteiger partial charge in [-0.2, -0.15) is 0 Å². The maximum atomic E-state index is 11.5. The van der Waals surface area contributed by atoms with Crippen LogP contribution >= 0.6 is 0 Å². The van der Waals surface area contributed by atoms with E-state index in [-0.39, 0.29) is 11.6 Å².